The van der Waals surface area contributed by atoms with Gasteiger partial charge in [-0.2, -0.15) is 0 Å². The normalized spacial score (nSPS) is 14.8. The van der Waals surface area contributed by atoms with E-state index in [1.54, 1.807) is 0 Å². The number of para-hydroxylation sites is 4. The van der Waals surface area contributed by atoms with E-state index in [0.29, 0.717) is 11.8 Å². The Bertz CT molecular complexity index is 1820. The molecule has 6 aromatic rings. The van der Waals surface area contributed by atoms with Crippen LogP contribution < -0.4 is 10.2 Å². The van der Waals surface area contributed by atoms with Crippen molar-refractivity contribution in [3.63, 3.8) is 0 Å². The molecule has 5 aromatic carbocycles. The van der Waals surface area contributed by atoms with Crippen LogP contribution in [0.2, 0.25) is 0 Å². The highest BCUT2D eigenvalue weighted by atomic mass is 16.3. The Morgan fingerprint density at radius 3 is 2.05 bits per heavy atom. The molecule has 7 rings (SSSR count). The molecule has 1 unspecified atom stereocenters. The van der Waals surface area contributed by atoms with Gasteiger partial charge in [-0.25, -0.2) is 0 Å². The molecule has 0 aliphatic carbocycles. The van der Waals surface area contributed by atoms with E-state index in [0.717, 1.165) is 33.2 Å². The topological polar surface area (TPSA) is 28.4 Å². The van der Waals surface area contributed by atoms with Gasteiger partial charge in [0.05, 0.1) is 17.1 Å². The Labute approximate surface area is 236 Å². The molecule has 0 amide bonds. The standard InChI is InChI=1S/C37H34N2O/c1-23(2)30-21-26(25-13-6-5-7-14-25)22-31(24(3)4)35(30)39-33-19-10-9-18-32(33)38-37(39)29-17-12-16-28-27-15-8-11-20-34(27)40-36(28)29/h5-24,37-38H,1-4H3. The van der Waals surface area contributed by atoms with Gasteiger partial charge in [0.15, 0.2) is 0 Å². The first-order valence-corrected chi connectivity index (χ1v) is 14.3. The molecule has 3 heteroatoms. The highest BCUT2D eigenvalue weighted by Crippen LogP contribution is 2.52. The van der Waals surface area contributed by atoms with E-state index in [1.165, 1.54) is 33.6 Å². The van der Waals surface area contributed by atoms with E-state index in [-0.39, 0.29) is 6.17 Å². The molecule has 1 aliphatic rings. The predicted octanol–water partition coefficient (Wildman–Crippen LogP) is 10.8. The number of nitrogens with one attached hydrogen (secondary N) is 1. The first-order valence-electron chi connectivity index (χ1n) is 14.3. The summed E-state index contributed by atoms with van der Waals surface area (Å²) in [5.74, 6) is 0.679. The third kappa shape index (κ3) is 3.88. The minimum atomic E-state index is -0.112. The molecule has 1 aromatic heterocycles. The summed E-state index contributed by atoms with van der Waals surface area (Å²) in [6, 6.07) is 39.1. The Morgan fingerprint density at radius 1 is 0.650 bits per heavy atom. The first kappa shape index (κ1) is 24.5. The van der Waals surface area contributed by atoms with E-state index < -0.39 is 0 Å². The summed E-state index contributed by atoms with van der Waals surface area (Å²) >= 11 is 0. The molecular weight excluding hydrogens is 488 g/mol. The molecule has 1 N–H and O–H groups in total. The summed E-state index contributed by atoms with van der Waals surface area (Å²) in [6.45, 7) is 9.23. The second kappa shape index (κ2) is 9.60. The van der Waals surface area contributed by atoms with Crippen molar-refractivity contribution in [3.05, 3.63) is 126 Å². The van der Waals surface area contributed by atoms with Crippen LogP contribution in [0, 0.1) is 0 Å². The highest BCUT2D eigenvalue weighted by Gasteiger charge is 2.36. The van der Waals surface area contributed by atoms with E-state index in [9.17, 15) is 0 Å². The molecular formula is C37H34N2O. The van der Waals surface area contributed by atoms with Gasteiger partial charge in [-0.3, -0.25) is 0 Å². The second-order valence-corrected chi connectivity index (χ2v) is 11.4. The molecule has 0 saturated heterocycles. The van der Waals surface area contributed by atoms with Crippen LogP contribution in [0.3, 0.4) is 0 Å². The maximum Gasteiger partial charge on any atom is 0.142 e. The monoisotopic (exact) mass is 522 g/mol. The summed E-state index contributed by atoms with van der Waals surface area (Å²) in [4.78, 5) is 2.52. The SMILES string of the molecule is CC(C)c1cc(-c2ccccc2)cc(C(C)C)c1N1c2ccccc2NC1c1cccc2c1oc1ccccc12. The van der Waals surface area contributed by atoms with Crippen LogP contribution in [0.1, 0.15) is 62.4 Å². The lowest BCUT2D eigenvalue weighted by Gasteiger charge is -2.34. The van der Waals surface area contributed by atoms with Crippen LogP contribution in [0.4, 0.5) is 17.1 Å². The lowest BCUT2D eigenvalue weighted by Crippen LogP contribution is -2.26. The van der Waals surface area contributed by atoms with Crippen LogP contribution >= 0.6 is 0 Å². The third-order valence-corrected chi connectivity index (χ3v) is 8.20. The minimum absolute atomic E-state index is 0.112. The average molecular weight is 523 g/mol. The molecule has 1 aliphatic heterocycles. The first-order chi connectivity index (χ1) is 19.5. The molecule has 40 heavy (non-hydrogen) atoms. The average Bonchev–Trinajstić information content (AvgIpc) is 3.55. The summed E-state index contributed by atoms with van der Waals surface area (Å²) in [6.07, 6.45) is -0.112. The minimum Gasteiger partial charge on any atom is -0.456 e. The van der Waals surface area contributed by atoms with Gasteiger partial charge in [0, 0.05) is 16.3 Å². The maximum atomic E-state index is 6.54. The predicted molar refractivity (Wildman–Crippen MR) is 169 cm³/mol. The smallest absolute Gasteiger partial charge is 0.142 e. The molecule has 0 bridgehead atoms. The van der Waals surface area contributed by atoms with Crippen molar-refractivity contribution in [2.75, 3.05) is 10.2 Å². The number of benzene rings is 5. The van der Waals surface area contributed by atoms with Gasteiger partial charge in [0.2, 0.25) is 0 Å². The van der Waals surface area contributed by atoms with Gasteiger partial charge in [-0.1, -0.05) is 107 Å². The van der Waals surface area contributed by atoms with Gasteiger partial charge in [0.1, 0.15) is 17.3 Å². The van der Waals surface area contributed by atoms with Crippen LogP contribution in [-0.4, -0.2) is 0 Å². The Hall–Kier alpha value is -4.50. The van der Waals surface area contributed by atoms with Gasteiger partial charge >= 0.3 is 0 Å². The van der Waals surface area contributed by atoms with Crippen LogP contribution in [0.25, 0.3) is 33.1 Å². The zero-order valence-electron chi connectivity index (χ0n) is 23.5. The zero-order chi connectivity index (χ0) is 27.4. The zero-order valence-corrected chi connectivity index (χ0v) is 23.5. The Morgan fingerprint density at radius 2 is 1.30 bits per heavy atom. The number of fused-ring (bicyclic) bond motifs is 4. The van der Waals surface area contributed by atoms with Gasteiger partial charge in [-0.05, 0) is 64.4 Å². The van der Waals surface area contributed by atoms with E-state index in [4.69, 9.17) is 4.42 Å². The molecule has 0 fully saturated rings. The summed E-state index contributed by atoms with van der Waals surface area (Å²) in [5, 5.41) is 6.18. The molecule has 0 saturated carbocycles. The molecule has 3 nitrogen and oxygen atoms in total. The Kier molecular flexibility index (Phi) is 5.89. The molecule has 0 radical (unpaired) electrons. The van der Waals surface area contributed by atoms with Crippen LogP contribution in [0.5, 0.6) is 0 Å². The van der Waals surface area contributed by atoms with Crippen LogP contribution in [-0.2, 0) is 0 Å². The number of anilines is 3. The highest BCUT2D eigenvalue weighted by molar-refractivity contribution is 6.06. The Balaban J connectivity index is 1.50. The van der Waals surface area contributed by atoms with Crippen molar-refractivity contribution in [3.8, 4) is 11.1 Å². The summed E-state index contributed by atoms with van der Waals surface area (Å²) < 4.78 is 6.54. The lowest BCUT2D eigenvalue weighted by molar-refractivity contribution is 0.655. The van der Waals surface area contributed by atoms with E-state index in [1.807, 2.05) is 6.07 Å². The summed E-state index contributed by atoms with van der Waals surface area (Å²) in [5.41, 5.74) is 11.8. The van der Waals surface area contributed by atoms with Gasteiger partial charge < -0.3 is 14.6 Å². The van der Waals surface area contributed by atoms with Crippen molar-refractivity contribution in [2.24, 2.45) is 0 Å². The molecule has 2 heterocycles. The van der Waals surface area contributed by atoms with Crippen LogP contribution in [0.15, 0.2) is 114 Å². The number of nitrogens with zero attached hydrogens (tertiary/aromatic N) is 1. The number of furan rings is 1. The van der Waals surface area contributed by atoms with Crippen molar-refractivity contribution in [1.29, 1.82) is 0 Å². The maximum absolute atomic E-state index is 6.54. The summed E-state index contributed by atoms with van der Waals surface area (Å²) in [7, 11) is 0. The fourth-order valence-electron chi connectivity index (χ4n) is 6.24. The number of hydrogen-bond donors (Lipinski definition) is 1. The van der Waals surface area contributed by atoms with Gasteiger partial charge in [0.25, 0.3) is 0 Å². The van der Waals surface area contributed by atoms with E-state index in [2.05, 4.69) is 141 Å². The fourth-order valence-corrected chi connectivity index (χ4v) is 6.24. The quantitative estimate of drug-likeness (QED) is 0.244. The van der Waals surface area contributed by atoms with Crippen molar-refractivity contribution < 1.29 is 4.42 Å². The molecule has 198 valence electrons. The van der Waals surface area contributed by atoms with E-state index >= 15 is 0 Å². The van der Waals surface area contributed by atoms with Crippen molar-refractivity contribution >= 4 is 39.0 Å². The third-order valence-electron chi connectivity index (χ3n) is 8.20. The lowest BCUT2D eigenvalue weighted by atomic mass is 9.87. The van der Waals surface area contributed by atoms with Crippen molar-refractivity contribution in [2.45, 2.75) is 45.7 Å². The second-order valence-electron chi connectivity index (χ2n) is 11.4. The largest absolute Gasteiger partial charge is 0.456 e. The number of hydrogen-bond acceptors (Lipinski definition) is 3. The fraction of sp³-hybridized carbons (Fsp3) is 0.189. The molecule has 1 atom stereocenters. The van der Waals surface area contributed by atoms with Gasteiger partial charge in [-0.15, -0.1) is 0 Å². The number of rotatable bonds is 5. The molecule has 0 spiro atoms. The van der Waals surface area contributed by atoms with Crippen molar-refractivity contribution in [1.82, 2.24) is 0 Å².